The molecular weight excluding hydrogens is 404 g/mol. The molecule has 30 heavy (non-hydrogen) atoms. The van der Waals surface area contributed by atoms with E-state index in [1.54, 1.807) is 48.7 Å². The SMILES string of the molecule is C[N+]12C(=O)c3cccc(C(=O)Nc4ccccn4)c3N=C1c1ccccc1S2(=O)=O. The summed E-state index contributed by atoms with van der Waals surface area (Å²) in [4.78, 5) is 34.9. The number of benzene rings is 2. The van der Waals surface area contributed by atoms with Crippen LogP contribution in [0.2, 0.25) is 0 Å². The number of quaternary nitrogens is 1. The smallest absolute Gasteiger partial charge is 0.306 e. The molecule has 5 rings (SSSR count). The largest absolute Gasteiger partial charge is 0.369 e. The van der Waals surface area contributed by atoms with Gasteiger partial charge >= 0.3 is 15.9 Å². The molecule has 0 aliphatic carbocycles. The number of anilines is 1. The number of rotatable bonds is 2. The number of aliphatic imine (C=N–C) groups is 1. The Kier molecular flexibility index (Phi) is 3.76. The minimum atomic E-state index is -4.03. The first kappa shape index (κ1) is 18.3. The van der Waals surface area contributed by atoms with Gasteiger partial charge in [-0.2, -0.15) is 13.4 Å². The van der Waals surface area contributed by atoms with Crippen molar-refractivity contribution in [3.63, 3.8) is 0 Å². The fourth-order valence-corrected chi connectivity index (χ4v) is 5.52. The number of hydrogen-bond acceptors (Lipinski definition) is 6. The number of fused-ring (bicyclic) bond motifs is 4. The summed E-state index contributed by atoms with van der Waals surface area (Å²) in [5.41, 5.74) is 0.741. The average Bonchev–Trinajstić information content (AvgIpc) is 2.93. The molecule has 1 atom stereocenters. The standard InChI is InChI=1S/C21H14N4O4S/c1-25-19(13-7-2-3-10-16(13)30(25,28)29)24-18-14(8-6-9-15(18)21(25)27)20(26)23-17-11-4-5-12-22-17/h2-12H,1H3/p+1. The van der Waals surface area contributed by atoms with Crippen molar-refractivity contribution in [1.82, 2.24) is 4.98 Å². The van der Waals surface area contributed by atoms with Gasteiger partial charge < -0.3 is 5.32 Å². The van der Waals surface area contributed by atoms with Crippen molar-refractivity contribution in [3.05, 3.63) is 83.6 Å². The van der Waals surface area contributed by atoms with Crippen molar-refractivity contribution in [3.8, 4) is 0 Å². The van der Waals surface area contributed by atoms with E-state index in [1.807, 2.05) is 0 Å². The molecule has 1 N–H and O–H groups in total. The van der Waals surface area contributed by atoms with Gasteiger partial charge in [-0.25, -0.2) is 9.78 Å². The minimum absolute atomic E-state index is 0.0480. The molecule has 1 unspecified atom stereocenters. The average molecular weight is 419 g/mol. The summed E-state index contributed by atoms with van der Waals surface area (Å²) in [6, 6.07) is 16.0. The molecule has 3 aromatic rings. The molecule has 0 fully saturated rings. The molecule has 0 saturated carbocycles. The lowest BCUT2D eigenvalue weighted by Gasteiger charge is -2.28. The summed E-state index contributed by atoms with van der Waals surface area (Å²) < 4.78 is 25.4. The summed E-state index contributed by atoms with van der Waals surface area (Å²) >= 11 is 0. The molecule has 8 nitrogen and oxygen atoms in total. The lowest BCUT2D eigenvalue weighted by Crippen LogP contribution is -2.55. The van der Waals surface area contributed by atoms with Crippen LogP contribution in [0.1, 0.15) is 26.3 Å². The first-order valence-corrected chi connectivity index (χ1v) is 10.5. The number of para-hydroxylation sites is 1. The van der Waals surface area contributed by atoms with Gasteiger partial charge in [0, 0.05) is 6.20 Å². The van der Waals surface area contributed by atoms with Gasteiger partial charge in [-0.15, -0.1) is 3.89 Å². The summed E-state index contributed by atoms with van der Waals surface area (Å²) in [5.74, 6) is -0.711. The van der Waals surface area contributed by atoms with E-state index in [4.69, 9.17) is 0 Å². The maximum atomic E-state index is 13.4. The molecular formula is C21H15N4O4S+. The maximum Gasteiger partial charge on any atom is 0.369 e. The van der Waals surface area contributed by atoms with Crippen molar-refractivity contribution in [2.75, 3.05) is 12.4 Å². The second kappa shape index (κ2) is 6.15. The fraction of sp³-hybridized carbons (Fsp3) is 0.0476. The Morgan fingerprint density at radius 1 is 0.967 bits per heavy atom. The number of amides is 2. The fourth-order valence-electron chi connectivity index (χ4n) is 3.75. The lowest BCUT2D eigenvalue weighted by atomic mass is 10.0. The van der Waals surface area contributed by atoms with Gasteiger partial charge in [0.05, 0.1) is 23.9 Å². The number of nitrogens with one attached hydrogen (secondary N) is 1. The topological polar surface area (TPSA) is 106 Å². The third-order valence-corrected chi connectivity index (χ3v) is 7.53. The Bertz CT molecular complexity index is 1380. The van der Waals surface area contributed by atoms with Crippen LogP contribution in [-0.4, -0.2) is 42.0 Å². The van der Waals surface area contributed by atoms with E-state index in [9.17, 15) is 18.0 Å². The van der Waals surface area contributed by atoms with E-state index in [1.165, 1.54) is 25.2 Å². The Morgan fingerprint density at radius 3 is 2.47 bits per heavy atom. The maximum absolute atomic E-state index is 13.4. The van der Waals surface area contributed by atoms with Crippen molar-refractivity contribution in [1.29, 1.82) is 0 Å². The molecule has 2 amide bonds. The Balaban J connectivity index is 1.71. The van der Waals surface area contributed by atoms with Crippen LogP contribution in [0.3, 0.4) is 0 Å². The van der Waals surface area contributed by atoms with E-state index in [2.05, 4.69) is 15.3 Å². The molecule has 1 aromatic heterocycles. The monoisotopic (exact) mass is 419 g/mol. The van der Waals surface area contributed by atoms with Gasteiger partial charge in [0.1, 0.15) is 16.3 Å². The highest BCUT2D eigenvalue weighted by Crippen LogP contribution is 2.44. The summed E-state index contributed by atoms with van der Waals surface area (Å²) in [5, 5.41) is 2.67. The number of carbonyl (C=O) groups excluding carboxylic acids is 2. The molecule has 9 heteroatoms. The number of amidine groups is 1. The van der Waals surface area contributed by atoms with Gasteiger partial charge in [-0.1, -0.05) is 24.3 Å². The second-order valence-electron chi connectivity index (χ2n) is 7.01. The predicted octanol–water partition coefficient (Wildman–Crippen LogP) is 2.71. The molecule has 2 aromatic carbocycles. The molecule has 2 aliphatic rings. The number of hydrogen-bond donors (Lipinski definition) is 1. The number of carbonyl (C=O) groups is 2. The lowest BCUT2D eigenvalue weighted by molar-refractivity contribution is -0.587. The third-order valence-electron chi connectivity index (χ3n) is 5.31. The van der Waals surface area contributed by atoms with Crippen LogP contribution in [0.25, 0.3) is 0 Å². The van der Waals surface area contributed by atoms with Gasteiger partial charge in [0.2, 0.25) is 0 Å². The van der Waals surface area contributed by atoms with Crippen molar-refractivity contribution < 1.29 is 21.9 Å². The Hall–Kier alpha value is -3.69. The number of aromatic nitrogens is 1. The highest BCUT2D eigenvalue weighted by molar-refractivity contribution is 7.87. The molecule has 2 aliphatic heterocycles. The molecule has 3 heterocycles. The molecule has 0 bridgehead atoms. The van der Waals surface area contributed by atoms with Crippen LogP contribution in [0, 0.1) is 0 Å². The zero-order valence-corrected chi connectivity index (χ0v) is 16.6. The minimum Gasteiger partial charge on any atom is -0.306 e. The quantitative estimate of drug-likeness (QED) is 0.643. The van der Waals surface area contributed by atoms with Crippen LogP contribution in [0.4, 0.5) is 11.5 Å². The summed E-state index contributed by atoms with van der Waals surface area (Å²) in [6.45, 7) is 0. The number of pyridine rings is 1. The van der Waals surface area contributed by atoms with Crippen molar-refractivity contribution in [2.24, 2.45) is 4.99 Å². The molecule has 0 radical (unpaired) electrons. The molecule has 0 saturated heterocycles. The highest BCUT2D eigenvalue weighted by Gasteiger charge is 2.61. The second-order valence-corrected chi connectivity index (χ2v) is 9.13. The Morgan fingerprint density at radius 2 is 1.70 bits per heavy atom. The van der Waals surface area contributed by atoms with E-state index in [-0.39, 0.29) is 27.5 Å². The van der Waals surface area contributed by atoms with E-state index in [0.717, 1.165) is 0 Å². The normalized spacial score (nSPS) is 20.6. The summed E-state index contributed by atoms with van der Waals surface area (Å²) in [6.07, 6.45) is 1.54. The number of nitrogens with zero attached hydrogens (tertiary/aromatic N) is 3. The third kappa shape index (κ3) is 2.27. The first-order chi connectivity index (χ1) is 14.4. The predicted molar refractivity (Wildman–Crippen MR) is 109 cm³/mol. The summed E-state index contributed by atoms with van der Waals surface area (Å²) in [7, 11) is -2.71. The van der Waals surface area contributed by atoms with Gasteiger partial charge in [-0.05, 0) is 36.4 Å². The van der Waals surface area contributed by atoms with E-state index >= 15 is 0 Å². The Labute approximate surface area is 172 Å². The zero-order valence-electron chi connectivity index (χ0n) is 15.7. The van der Waals surface area contributed by atoms with Crippen LogP contribution in [0.15, 0.2) is 76.7 Å². The van der Waals surface area contributed by atoms with E-state index < -0.39 is 25.7 Å². The van der Waals surface area contributed by atoms with Crippen molar-refractivity contribution in [2.45, 2.75) is 4.90 Å². The van der Waals surface area contributed by atoms with Crippen LogP contribution in [-0.2, 0) is 10.0 Å². The highest BCUT2D eigenvalue weighted by atomic mass is 32.2. The van der Waals surface area contributed by atoms with Gasteiger partial charge in [0.15, 0.2) is 0 Å². The van der Waals surface area contributed by atoms with Gasteiger partial charge in [0.25, 0.3) is 11.7 Å². The van der Waals surface area contributed by atoms with Crippen LogP contribution < -0.4 is 5.32 Å². The van der Waals surface area contributed by atoms with Crippen LogP contribution in [0.5, 0.6) is 0 Å². The first-order valence-electron chi connectivity index (χ1n) is 9.06. The molecule has 148 valence electrons. The molecule has 0 spiro atoms. The van der Waals surface area contributed by atoms with Crippen LogP contribution >= 0.6 is 0 Å². The van der Waals surface area contributed by atoms with Crippen molar-refractivity contribution >= 4 is 39.2 Å². The number of sulfonamides is 1. The zero-order chi connectivity index (χ0) is 21.1. The van der Waals surface area contributed by atoms with Gasteiger partial charge in [-0.3, -0.25) is 4.79 Å². The van der Waals surface area contributed by atoms with E-state index in [0.29, 0.717) is 11.4 Å².